The van der Waals surface area contributed by atoms with Crippen molar-refractivity contribution < 1.29 is 41.7 Å². The zero-order valence-corrected chi connectivity index (χ0v) is 4.93. The summed E-state index contributed by atoms with van der Waals surface area (Å²) in [6, 6.07) is 0. The van der Waals surface area contributed by atoms with E-state index in [0.717, 1.165) is 0 Å². The zero-order valence-electron chi connectivity index (χ0n) is 2.92. The van der Waals surface area contributed by atoms with Crippen molar-refractivity contribution in [1.82, 2.24) is 0 Å². The average molecular weight is 208 g/mol. The summed E-state index contributed by atoms with van der Waals surface area (Å²) in [6.07, 6.45) is 0. The molecular formula is H4F4MoO2. The van der Waals surface area contributed by atoms with Gasteiger partial charge in [0.15, 0.2) is 0 Å². The topological polar surface area (TPSA) is 63.0 Å². The maximum atomic E-state index is 9.88. The van der Waals surface area contributed by atoms with Crippen LogP contribution in [0.25, 0.3) is 0 Å². The van der Waals surface area contributed by atoms with Gasteiger partial charge < -0.3 is 11.0 Å². The standard InChI is InChI=1S/4FH.Mo.2H2O/h4*1H;;2*1H2/q;;;;+4;;/p-4. The summed E-state index contributed by atoms with van der Waals surface area (Å²) in [5.74, 6) is 0. The first-order chi connectivity index (χ1) is 2.00. The Morgan fingerprint density at radius 3 is 0.714 bits per heavy atom. The van der Waals surface area contributed by atoms with Crippen LogP contribution in [0, 0.1) is 0 Å². The van der Waals surface area contributed by atoms with E-state index in [0.29, 0.717) is 0 Å². The third-order valence-corrected chi connectivity index (χ3v) is 0. The van der Waals surface area contributed by atoms with Gasteiger partial charge in [0, 0.05) is 0 Å². The van der Waals surface area contributed by atoms with Crippen molar-refractivity contribution in [3.63, 3.8) is 0 Å². The van der Waals surface area contributed by atoms with Gasteiger partial charge in [-0.15, -0.1) is 0 Å². The molecule has 0 radical (unpaired) electrons. The maximum absolute atomic E-state index is 9.88. The van der Waals surface area contributed by atoms with Crippen LogP contribution in [0.3, 0.4) is 0 Å². The quantitative estimate of drug-likeness (QED) is 0.398. The van der Waals surface area contributed by atoms with Crippen LogP contribution < -0.4 is 0 Å². The number of halogens is 4. The van der Waals surface area contributed by atoms with Gasteiger partial charge in [-0.2, -0.15) is 0 Å². The SMILES string of the molecule is O.O.[F][Mo]([F])([F])[F]. The Hall–Kier alpha value is 0.328. The molecule has 0 aliphatic heterocycles. The van der Waals surface area contributed by atoms with Crippen LogP contribution in [-0.2, 0) is 18.2 Å². The van der Waals surface area contributed by atoms with Crippen LogP contribution >= 0.6 is 0 Å². The van der Waals surface area contributed by atoms with E-state index in [4.69, 9.17) is 0 Å². The number of rotatable bonds is 0. The average Bonchev–Trinajstić information content (AvgIpc) is 0.722. The number of hydrogen-bond acceptors (Lipinski definition) is 0. The molecule has 0 amide bonds. The molecule has 0 spiro atoms. The molecule has 0 bridgehead atoms. The van der Waals surface area contributed by atoms with Gasteiger partial charge in [0.2, 0.25) is 0 Å². The molecule has 0 saturated heterocycles. The van der Waals surface area contributed by atoms with Crippen LogP contribution in [0.15, 0.2) is 0 Å². The molecule has 0 aliphatic rings. The van der Waals surface area contributed by atoms with E-state index in [1.807, 2.05) is 0 Å². The van der Waals surface area contributed by atoms with Gasteiger partial charge in [0.1, 0.15) is 0 Å². The van der Waals surface area contributed by atoms with Crippen LogP contribution in [-0.4, -0.2) is 11.0 Å². The number of hydrogen-bond donors (Lipinski definition) is 0. The molecule has 0 aromatic carbocycles. The normalized spacial score (nSPS) is 10.9. The second-order valence-electron chi connectivity index (χ2n) is 0.350. The summed E-state index contributed by atoms with van der Waals surface area (Å²) in [5, 5.41) is 0. The Morgan fingerprint density at radius 1 is 0.714 bits per heavy atom. The first kappa shape index (κ1) is 15.7. The fourth-order valence-corrected chi connectivity index (χ4v) is 0. The fraction of sp³-hybridized carbons (Fsp3) is 0. The molecule has 0 unspecified atom stereocenters. The summed E-state index contributed by atoms with van der Waals surface area (Å²) >= 11 is -7.02. The van der Waals surface area contributed by atoms with E-state index in [9.17, 15) is 12.6 Å². The third-order valence-electron chi connectivity index (χ3n) is 0. The Balaban J connectivity index is -0.0000000800. The second kappa shape index (κ2) is 4.49. The molecule has 2 nitrogen and oxygen atoms in total. The predicted octanol–water partition coefficient (Wildman–Crippen LogP) is 0.0289. The van der Waals surface area contributed by atoms with Crippen molar-refractivity contribution in [3.05, 3.63) is 0 Å². The van der Waals surface area contributed by atoms with Crippen molar-refractivity contribution in [1.29, 1.82) is 0 Å². The van der Waals surface area contributed by atoms with Crippen molar-refractivity contribution in [2.24, 2.45) is 0 Å². The molecule has 0 aliphatic carbocycles. The monoisotopic (exact) mass is 210 g/mol. The molecule has 4 N–H and O–H groups in total. The first-order valence-electron chi connectivity index (χ1n) is 0.617. The van der Waals surface area contributed by atoms with Gasteiger partial charge in [-0.25, -0.2) is 0 Å². The van der Waals surface area contributed by atoms with Gasteiger partial charge in [-0.3, -0.25) is 0 Å². The minimum atomic E-state index is -7.02. The molecular weight excluding hydrogens is 204 g/mol. The van der Waals surface area contributed by atoms with E-state index >= 15 is 0 Å². The van der Waals surface area contributed by atoms with E-state index in [1.54, 1.807) is 0 Å². The third kappa shape index (κ3) is 1100. The fourth-order valence-electron chi connectivity index (χ4n) is 0. The van der Waals surface area contributed by atoms with Gasteiger partial charge in [0.05, 0.1) is 0 Å². The van der Waals surface area contributed by atoms with Gasteiger partial charge in [0.25, 0.3) is 0 Å². The molecule has 50 valence electrons. The Morgan fingerprint density at radius 2 is 0.714 bits per heavy atom. The molecule has 7 heteroatoms. The Bertz CT molecular complexity index is 25.2. The van der Waals surface area contributed by atoms with E-state index in [2.05, 4.69) is 0 Å². The van der Waals surface area contributed by atoms with Crippen LogP contribution in [0.2, 0.25) is 0 Å². The van der Waals surface area contributed by atoms with Crippen LogP contribution in [0.5, 0.6) is 0 Å². The molecule has 0 atom stereocenters. The first-order valence-corrected chi connectivity index (χ1v) is 3.65. The summed E-state index contributed by atoms with van der Waals surface area (Å²) in [7, 11) is 0. The van der Waals surface area contributed by atoms with E-state index < -0.39 is 18.2 Å². The van der Waals surface area contributed by atoms with Crippen molar-refractivity contribution >= 4 is 0 Å². The summed E-state index contributed by atoms with van der Waals surface area (Å²) < 4.78 is 39.5. The molecule has 7 heavy (non-hydrogen) atoms. The summed E-state index contributed by atoms with van der Waals surface area (Å²) in [5.41, 5.74) is 0. The molecule has 0 aromatic heterocycles. The molecule has 0 aromatic rings. The molecule has 0 saturated carbocycles. The minimum absolute atomic E-state index is 0. The second-order valence-corrected chi connectivity index (χ2v) is 2.07. The van der Waals surface area contributed by atoms with Crippen LogP contribution in [0.4, 0.5) is 12.6 Å². The molecule has 0 heterocycles. The predicted molar refractivity (Wildman–Crippen MR) is 11.7 cm³/mol. The van der Waals surface area contributed by atoms with E-state index in [1.165, 1.54) is 0 Å². The van der Waals surface area contributed by atoms with Crippen molar-refractivity contribution in [2.45, 2.75) is 0 Å². The van der Waals surface area contributed by atoms with E-state index in [-0.39, 0.29) is 11.0 Å². The van der Waals surface area contributed by atoms with Gasteiger partial charge in [-0.1, -0.05) is 0 Å². The zero-order chi connectivity index (χ0) is 4.50. The molecule has 0 rings (SSSR count). The van der Waals surface area contributed by atoms with Gasteiger partial charge >= 0.3 is 30.8 Å². The Labute approximate surface area is 42.5 Å². The molecule has 0 fully saturated rings. The van der Waals surface area contributed by atoms with Gasteiger partial charge in [-0.05, 0) is 0 Å². The Kier molecular flexibility index (Phi) is 10.0. The summed E-state index contributed by atoms with van der Waals surface area (Å²) in [6.45, 7) is 0. The van der Waals surface area contributed by atoms with Crippen molar-refractivity contribution in [3.8, 4) is 0 Å². The summed E-state index contributed by atoms with van der Waals surface area (Å²) in [4.78, 5) is 0. The van der Waals surface area contributed by atoms with Crippen LogP contribution in [0.1, 0.15) is 0 Å². The van der Waals surface area contributed by atoms with Crippen molar-refractivity contribution in [2.75, 3.05) is 0 Å².